The molecule has 1 aliphatic rings. The fourth-order valence-corrected chi connectivity index (χ4v) is 1.98. The van der Waals surface area contributed by atoms with Gasteiger partial charge in [-0.15, -0.1) is 0 Å². The summed E-state index contributed by atoms with van der Waals surface area (Å²) in [6.07, 6.45) is -0.157. The molecule has 2 unspecified atom stereocenters. The van der Waals surface area contributed by atoms with Crippen LogP contribution in [0.3, 0.4) is 0 Å². The van der Waals surface area contributed by atoms with E-state index < -0.39 is 17.6 Å². The van der Waals surface area contributed by atoms with Crippen molar-refractivity contribution < 1.29 is 15.3 Å². The molecule has 0 aromatic heterocycles. The van der Waals surface area contributed by atoms with Crippen molar-refractivity contribution in [1.29, 1.82) is 0 Å². The van der Waals surface area contributed by atoms with Gasteiger partial charge in [-0.25, -0.2) is 0 Å². The van der Waals surface area contributed by atoms with Crippen LogP contribution in [0.4, 0.5) is 0 Å². The molecule has 0 spiro atoms. The summed E-state index contributed by atoms with van der Waals surface area (Å²) in [5.41, 5.74) is -0.501. The molecule has 0 saturated carbocycles. The Bertz CT molecular complexity index is 155. The van der Waals surface area contributed by atoms with Crippen molar-refractivity contribution >= 4 is 0 Å². The molecule has 1 rings (SSSR count). The number of hydrogen-bond donors (Lipinski definition) is 4. The third-order valence-electron chi connectivity index (χ3n) is 3.00. The first-order chi connectivity index (χ1) is 6.12. The third kappa shape index (κ3) is 2.20. The van der Waals surface area contributed by atoms with Gasteiger partial charge in [0.15, 0.2) is 0 Å². The predicted molar refractivity (Wildman–Crippen MR) is 49.3 cm³/mol. The molecule has 4 nitrogen and oxygen atoms in total. The molecule has 4 heteroatoms. The van der Waals surface area contributed by atoms with Crippen LogP contribution < -0.4 is 5.32 Å². The van der Waals surface area contributed by atoms with Crippen LogP contribution >= 0.6 is 0 Å². The van der Waals surface area contributed by atoms with E-state index in [2.05, 4.69) is 5.32 Å². The number of rotatable bonds is 3. The number of piperidine rings is 1. The number of aliphatic hydroxyl groups excluding tert-OH is 3. The van der Waals surface area contributed by atoms with Gasteiger partial charge in [0.05, 0.1) is 18.8 Å². The smallest absolute Gasteiger partial charge is 0.0875 e. The second-order valence-corrected chi connectivity index (χ2v) is 3.96. The molecule has 1 aliphatic heterocycles. The van der Waals surface area contributed by atoms with E-state index in [-0.39, 0.29) is 6.61 Å². The van der Waals surface area contributed by atoms with E-state index in [1.807, 2.05) is 0 Å². The third-order valence-corrected chi connectivity index (χ3v) is 3.00. The lowest BCUT2D eigenvalue weighted by Crippen LogP contribution is -2.50. The van der Waals surface area contributed by atoms with Crippen LogP contribution in [0.25, 0.3) is 0 Å². The molecule has 1 fully saturated rings. The van der Waals surface area contributed by atoms with Crippen molar-refractivity contribution in [3.8, 4) is 0 Å². The first-order valence-corrected chi connectivity index (χ1v) is 4.80. The molecule has 0 bridgehead atoms. The maximum atomic E-state index is 9.76. The molecule has 4 N–H and O–H groups in total. The van der Waals surface area contributed by atoms with E-state index in [4.69, 9.17) is 0 Å². The Morgan fingerprint density at radius 1 is 1.31 bits per heavy atom. The molecule has 1 heterocycles. The molecule has 2 atom stereocenters. The Morgan fingerprint density at radius 2 is 1.85 bits per heavy atom. The average Bonchev–Trinajstić information content (AvgIpc) is 2.17. The summed E-state index contributed by atoms with van der Waals surface area (Å²) in [6, 6.07) is 0. The van der Waals surface area contributed by atoms with Crippen molar-refractivity contribution in [3.05, 3.63) is 0 Å². The van der Waals surface area contributed by atoms with Gasteiger partial charge in [0.25, 0.3) is 0 Å². The average molecular weight is 189 g/mol. The Kier molecular flexibility index (Phi) is 3.67. The van der Waals surface area contributed by atoms with Gasteiger partial charge in [0.1, 0.15) is 0 Å². The van der Waals surface area contributed by atoms with Crippen molar-refractivity contribution in [2.45, 2.75) is 32.0 Å². The Hall–Kier alpha value is -0.160. The quantitative estimate of drug-likeness (QED) is 0.464. The molecular formula is C9H19NO3. The highest BCUT2D eigenvalue weighted by molar-refractivity contribution is 4.92. The maximum absolute atomic E-state index is 9.76. The summed E-state index contributed by atoms with van der Waals surface area (Å²) in [5, 5.41) is 31.5. The topological polar surface area (TPSA) is 72.7 Å². The number of nitrogens with one attached hydrogen (secondary N) is 1. The van der Waals surface area contributed by atoms with Gasteiger partial charge < -0.3 is 20.6 Å². The summed E-state index contributed by atoms with van der Waals surface area (Å²) in [7, 11) is 0. The van der Waals surface area contributed by atoms with E-state index in [0.29, 0.717) is 0 Å². The fourth-order valence-electron chi connectivity index (χ4n) is 1.98. The second kappa shape index (κ2) is 4.37. The molecule has 0 radical (unpaired) electrons. The van der Waals surface area contributed by atoms with Gasteiger partial charge in [-0.2, -0.15) is 0 Å². The zero-order valence-corrected chi connectivity index (χ0v) is 8.03. The van der Waals surface area contributed by atoms with Gasteiger partial charge in [-0.1, -0.05) is 0 Å². The molecule has 0 aromatic rings. The monoisotopic (exact) mass is 189 g/mol. The molecule has 0 aromatic carbocycles. The molecule has 1 saturated heterocycles. The van der Waals surface area contributed by atoms with Gasteiger partial charge >= 0.3 is 0 Å². The van der Waals surface area contributed by atoms with Crippen LogP contribution in [-0.2, 0) is 0 Å². The van der Waals surface area contributed by atoms with E-state index in [1.54, 1.807) is 6.92 Å². The summed E-state index contributed by atoms with van der Waals surface area (Å²) in [5.74, 6) is 0. The van der Waals surface area contributed by atoms with Gasteiger partial charge in [-0.05, 0) is 32.9 Å². The van der Waals surface area contributed by atoms with E-state index in [0.717, 1.165) is 25.9 Å². The molecule has 0 amide bonds. The summed E-state index contributed by atoms with van der Waals surface area (Å²) in [4.78, 5) is 0. The Labute approximate surface area is 78.6 Å². The van der Waals surface area contributed by atoms with Gasteiger partial charge in [-0.3, -0.25) is 0 Å². The largest absolute Gasteiger partial charge is 0.396 e. The van der Waals surface area contributed by atoms with Crippen LogP contribution in [-0.4, -0.2) is 47.2 Å². The number of aliphatic hydroxyl groups is 3. The van der Waals surface area contributed by atoms with Crippen LogP contribution in [0, 0.1) is 5.41 Å². The lowest BCUT2D eigenvalue weighted by atomic mass is 9.73. The SMILES string of the molecule is CC(O)C(O)C1(CO)CCNCC1. The van der Waals surface area contributed by atoms with Crippen molar-refractivity contribution in [2.24, 2.45) is 5.41 Å². The first-order valence-electron chi connectivity index (χ1n) is 4.80. The lowest BCUT2D eigenvalue weighted by Gasteiger charge is -2.41. The molecular weight excluding hydrogens is 170 g/mol. The minimum absolute atomic E-state index is 0.0548. The van der Waals surface area contributed by atoms with Crippen molar-refractivity contribution in [3.63, 3.8) is 0 Å². The highest BCUT2D eigenvalue weighted by atomic mass is 16.3. The zero-order chi connectivity index (χ0) is 9.90. The summed E-state index contributed by atoms with van der Waals surface area (Å²) in [6.45, 7) is 3.10. The highest BCUT2D eigenvalue weighted by Gasteiger charge is 2.40. The first kappa shape index (κ1) is 10.9. The molecule has 13 heavy (non-hydrogen) atoms. The minimum atomic E-state index is -0.820. The minimum Gasteiger partial charge on any atom is -0.396 e. The maximum Gasteiger partial charge on any atom is 0.0875 e. The van der Waals surface area contributed by atoms with Crippen LogP contribution in [0.1, 0.15) is 19.8 Å². The van der Waals surface area contributed by atoms with Gasteiger partial charge in [0, 0.05) is 5.41 Å². The van der Waals surface area contributed by atoms with Crippen LogP contribution in [0.15, 0.2) is 0 Å². The van der Waals surface area contributed by atoms with Crippen LogP contribution in [0.2, 0.25) is 0 Å². The van der Waals surface area contributed by atoms with E-state index in [1.165, 1.54) is 0 Å². The highest BCUT2D eigenvalue weighted by Crippen LogP contribution is 2.33. The van der Waals surface area contributed by atoms with Crippen LogP contribution in [0.5, 0.6) is 0 Å². The number of hydrogen-bond acceptors (Lipinski definition) is 4. The Balaban J connectivity index is 2.66. The Morgan fingerprint density at radius 3 is 2.23 bits per heavy atom. The summed E-state index contributed by atoms with van der Waals surface area (Å²) >= 11 is 0. The molecule has 0 aliphatic carbocycles. The summed E-state index contributed by atoms with van der Waals surface area (Å²) < 4.78 is 0. The lowest BCUT2D eigenvalue weighted by molar-refractivity contribution is -0.0938. The fraction of sp³-hybridized carbons (Fsp3) is 1.00. The molecule has 78 valence electrons. The van der Waals surface area contributed by atoms with E-state index in [9.17, 15) is 15.3 Å². The normalized spacial score (nSPS) is 26.8. The standard InChI is InChI=1S/C9H19NO3/c1-7(12)8(13)9(6-11)2-4-10-5-3-9/h7-8,10-13H,2-6H2,1H3. The van der Waals surface area contributed by atoms with Crippen molar-refractivity contribution in [1.82, 2.24) is 5.32 Å². The second-order valence-electron chi connectivity index (χ2n) is 3.96. The van der Waals surface area contributed by atoms with Crippen molar-refractivity contribution in [2.75, 3.05) is 19.7 Å². The van der Waals surface area contributed by atoms with Gasteiger partial charge in [0.2, 0.25) is 0 Å². The zero-order valence-electron chi connectivity index (χ0n) is 8.03. The van der Waals surface area contributed by atoms with E-state index >= 15 is 0 Å². The predicted octanol–water partition coefficient (Wildman–Crippen LogP) is -0.910.